The van der Waals surface area contributed by atoms with Crippen molar-refractivity contribution in [2.24, 2.45) is 4.99 Å². The molecule has 0 spiro atoms. The van der Waals surface area contributed by atoms with Gasteiger partial charge in [-0.3, -0.25) is 9.79 Å². The van der Waals surface area contributed by atoms with Gasteiger partial charge in [0.1, 0.15) is 28.2 Å². The van der Waals surface area contributed by atoms with E-state index in [0.29, 0.717) is 17.0 Å². The molecule has 1 heterocycles. The molecular formula is C19H16BrNO4. The molecule has 0 aliphatic heterocycles. The fourth-order valence-electron chi connectivity index (χ4n) is 2.60. The number of hydrogen-bond acceptors (Lipinski definition) is 5. The summed E-state index contributed by atoms with van der Waals surface area (Å²) < 4.78 is 11.7. The van der Waals surface area contributed by atoms with Crippen molar-refractivity contribution < 1.29 is 14.3 Å². The molecule has 1 N–H and O–H groups in total. The number of aromatic hydroxyl groups is 1. The normalized spacial score (nSPS) is 11.4. The number of benzene rings is 2. The van der Waals surface area contributed by atoms with Crippen molar-refractivity contribution in [3.8, 4) is 11.5 Å². The molecule has 0 amide bonds. The van der Waals surface area contributed by atoms with Crippen LogP contribution in [0.1, 0.15) is 16.9 Å². The summed E-state index contributed by atoms with van der Waals surface area (Å²) in [6.07, 6.45) is 1.47. The van der Waals surface area contributed by atoms with Gasteiger partial charge in [-0.05, 0) is 47.5 Å². The number of methoxy groups -OCH3 is 1. The van der Waals surface area contributed by atoms with Gasteiger partial charge in [-0.15, -0.1) is 0 Å². The predicted octanol–water partition coefficient (Wildman–Crippen LogP) is 4.64. The van der Waals surface area contributed by atoms with Crippen molar-refractivity contribution in [1.29, 1.82) is 0 Å². The minimum Gasteiger partial charge on any atom is -0.507 e. The first-order valence-corrected chi connectivity index (χ1v) is 8.34. The minimum atomic E-state index is -0.234. The van der Waals surface area contributed by atoms with E-state index in [9.17, 15) is 9.90 Å². The van der Waals surface area contributed by atoms with Crippen molar-refractivity contribution in [3.05, 3.63) is 61.9 Å². The van der Waals surface area contributed by atoms with Crippen LogP contribution in [0.5, 0.6) is 11.5 Å². The largest absolute Gasteiger partial charge is 0.507 e. The van der Waals surface area contributed by atoms with Crippen LogP contribution in [-0.4, -0.2) is 18.4 Å². The van der Waals surface area contributed by atoms with Gasteiger partial charge in [0.25, 0.3) is 0 Å². The molecule has 0 unspecified atom stereocenters. The lowest BCUT2D eigenvalue weighted by atomic mass is 10.1. The Labute approximate surface area is 152 Å². The fourth-order valence-corrected chi connectivity index (χ4v) is 3.19. The molecule has 6 heteroatoms. The third-order valence-electron chi connectivity index (χ3n) is 3.75. The Morgan fingerprint density at radius 1 is 1.24 bits per heavy atom. The highest BCUT2D eigenvalue weighted by atomic mass is 79.9. The number of phenols is 1. The zero-order valence-electron chi connectivity index (χ0n) is 14.0. The van der Waals surface area contributed by atoms with Crippen molar-refractivity contribution in [1.82, 2.24) is 0 Å². The predicted molar refractivity (Wildman–Crippen MR) is 102 cm³/mol. The summed E-state index contributed by atoms with van der Waals surface area (Å²) in [6, 6.07) is 8.53. The first-order chi connectivity index (χ1) is 11.9. The second-order valence-electron chi connectivity index (χ2n) is 5.65. The molecule has 0 fully saturated rings. The molecule has 25 heavy (non-hydrogen) atoms. The van der Waals surface area contributed by atoms with E-state index in [0.717, 1.165) is 10.0 Å². The number of halogens is 1. The molecule has 2 aromatic carbocycles. The lowest BCUT2D eigenvalue weighted by Gasteiger charge is -2.10. The molecular weight excluding hydrogens is 386 g/mol. The van der Waals surface area contributed by atoms with Crippen LogP contribution in [0.3, 0.4) is 0 Å². The maximum Gasteiger partial charge on any atom is 0.196 e. The Bertz CT molecular complexity index is 1050. The number of fused-ring (bicyclic) bond motifs is 1. The highest BCUT2D eigenvalue weighted by Crippen LogP contribution is 2.35. The van der Waals surface area contributed by atoms with E-state index >= 15 is 0 Å². The number of rotatable bonds is 3. The van der Waals surface area contributed by atoms with Crippen LogP contribution in [0.2, 0.25) is 0 Å². The number of nitrogens with zero attached hydrogens (tertiary/aromatic N) is 1. The topological polar surface area (TPSA) is 72.0 Å². The van der Waals surface area contributed by atoms with E-state index in [1.165, 1.54) is 25.5 Å². The third-order valence-corrected chi connectivity index (χ3v) is 4.39. The van der Waals surface area contributed by atoms with Crippen LogP contribution in [0.15, 0.2) is 49.0 Å². The van der Waals surface area contributed by atoms with Gasteiger partial charge in [0, 0.05) is 22.8 Å². The number of ether oxygens (including phenoxy) is 1. The first-order valence-electron chi connectivity index (χ1n) is 7.55. The Morgan fingerprint density at radius 2 is 2.00 bits per heavy atom. The van der Waals surface area contributed by atoms with Crippen molar-refractivity contribution in [2.45, 2.75) is 13.8 Å². The molecule has 0 saturated carbocycles. The summed E-state index contributed by atoms with van der Waals surface area (Å²) in [5, 5.41) is 10.6. The number of hydrogen-bond donors (Lipinski definition) is 1. The SMILES string of the molecule is COc1c(C=Nc2ccc(C)cc2Br)c(O)cc2oc(C)cc(=O)c12. The lowest BCUT2D eigenvalue weighted by molar-refractivity contribution is 0.410. The van der Waals surface area contributed by atoms with Crippen molar-refractivity contribution in [2.75, 3.05) is 7.11 Å². The Hall–Kier alpha value is -2.60. The van der Waals surface area contributed by atoms with Crippen LogP contribution < -0.4 is 10.2 Å². The van der Waals surface area contributed by atoms with Gasteiger partial charge in [-0.1, -0.05) is 6.07 Å². The molecule has 3 aromatic rings. The highest BCUT2D eigenvalue weighted by molar-refractivity contribution is 9.10. The zero-order chi connectivity index (χ0) is 18.1. The van der Waals surface area contributed by atoms with E-state index in [1.54, 1.807) is 6.92 Å². The zero-order valence-corrected chi connectivity index (χ0v) is 15.5. The van der Waals surface area contributed by atoms with Crippen LogP contribution >= 0.6 is 15.9 Å². The molecule has 0 saturated heterocycles. The summed E-state index contributed by atoms with van der Waals surface area (Å²) in [5.41, 5.74) is 2.15. The fraction of sp³-hybridized carbons (Fsp3) is 0.158. The second kappa shape index (κ2) is 6.72. The van der Waals surface area contributed by atoms with Crippen molar-refractivity contribution >= 4 is 38.8 Å². The Balaban J connectivity index is 2.20. The lowest BCUT2D eigenvalue weighted by Crippen LogP contribution is -2.05. The molecule has 0 aliphatic carbocycles. The maximum absolute atomic E-state index is 12.3. The number of phenolic OH excluding ortho intramolecular Hbond substituents is 1. The molecule has 0 bridgehead atoms. The summed E-state index contributed by atoms with van der Waals surface area (Å²) in [6.45, 7) is 3.66. The van der Waals surface area contributed by atoms with Gasteiger partial charge < -0.3 is 14.3 Å². The van der Waals surface area contributed by atoms with Crippen molar-refractivity contribution in [3.63, 3.8) is 0 Å². The molecule has 128 valence electrons. The van der Waals surface area contributed by atoms with E-state index < -0.39 is 0 Å². The molecule has 3 rings (SSSR count). The molecule has 1 aromatic heterocycles. The van der Waals surface area contributed by atoms with Crippen LogP contribution in [0, 0.1) is 13.8 Å². The smallest absolute Gasteiger partial charge is 0.196 e. The van der Waals surface area contributed by atoms with Crippen LogP contribution in [0.4, 0.5) is 5.69 Å². The summed E-state index contributed by atoms with van der Waals surface area (Å²) in [5.74, 6) is 0.616. The van der Waals surface area contributed by atoms with Gasteiger partial charge in [0.15, 0.2) is 5.43 Å². The number of aliphatic imine (C=N–C) groups is 1. The third kappa shape index (κ3) is 3.30. The van der Waals surface area contributed by atoms with Gasteiger partial charge >= 0.3 is 0 Å². The average Bonchev–Trinajstić information content (AvgIpc) is 2.53. The average molecular weight is 402 g/mol. The molecule has 5 nitrogen and oxygen atoms in total. The van der Waals surface area contributed by atoms with E-state index in [2.05, 4.69) is 20.9 Å². The van der Waals surface area contributed by atoms with E-state index in [-0.39, 0.29) is 27.9 Å². The van der Waals surface area contributed by atoms with E-state index in [4.69, 9.17) is 9.15 Å². The molecule has 0 aliphatic rings. The van der Waals surface area contributed by atoms with Gasteiger partial charge in [0.05, 0.1) is 18.4 Å². The monoisotopic (exact) mass is 401 g/mol. The van der Waals surface area contributed by atoms with Crippen LogP contribution in [0.25, 0.3) is 11.0 Å². The molecule has 0 atom stereocenters. The standard InChI is InChI=1S/C19H16BrNO4/c1-10-4-5-14(13(20)6-10)21-9-12-15(22)8-17-18(19(12)24-3)16(23)7-11(2)25-17/h4-9,22H,1-3H3. The quantitative estimate of drug-likeness (QED) is 0.648. The summed E-state index contributed by atoms with van der Waals surface area (Å²) in [7, 11) is 1.44. The second-order valence-corrected chi connectivity index (χ2v) is 6.50. The minimum absolute atomic E-state index is 0.0786. The van der Waals surface area contributed by atoms with Gasteiger partial charge in [0.2, 0.25) is 0 Å². The van der Waals surface area contributed by atoms with Gasteiger partial charge in [-0.25, -0.2) is 0 Å². The summed E-state index contributed by atoms with van der Waals surface area (Å²) in [4.78, 5) is 16.7. The summed E-state index contributed by atoms with van der Waals surface area (Å²) >= 11 is 3.46. The Kier molecular flexibility index (Phi) is 4.63. The van der Waals surface area contributed by atoms with Gasteiger partial charge in [-0.2, -0.15) is 0 Å². The Morgan fingerprint density at radius 3 is 2.68 bits per heavy atom. The maximum atomic E-state index is 12.3. The van der Waals surface area contributed by atoms with Crippen LogP contribution in [-0.2, 0) is 0 Å². The first kappa shape index (κ1) is 17.2. The molecule has 0 radical (unpaired) electrons. The number of aryl methyl sites for hydroxylation is 2. The van der Waals surface area contributed by atoms with E-state index in [1.807, 2.05) is 25.1 Å². The highest BCUT2D eigenvalue weighted by Gasteiger charge is 2.17.